The van der Waals surface area contributed by atoms with E-state index in [1.54, 1.807) is 11.0 Å². The van der Waals surface area contributed by atoms with E-state index < -0.39 is 16.1 Å². The maximum Gasteiger partial charge on any atom is 0.243 e. The summed E-state index contributed by atoms with van der Waals surface area (Å²) < 4.78 is 27.4. The highest BCUT2D eigenvalue weighted by atomic mass is 79.9. The number of carbonyl (C=O) groups is 2. The van der Waals surface area contributed by atoms with Crippen LogP contribution in [0.1, 0.15) is 43.7 Å². The Morgan fingerprint density at radius 3 is 2.33 bits per heavy atom. The number of hydrogen-bond acceptors (Lipinski definition) is 4. The predicted molar refractivity (Wildman–Crippen MR) is 174 cm³/mol. The Kier molecular flexibility index (Phi) is 13.2. The summed E-state index contributed by atoms with van der Waals surface area (Å²) >= 11 is 15.9. The van der Waals surface area contributed by atoms with E-state index in [0.29, 0.717) is 18.0 Å². The van der Waals surface area contributed by atoms with Crippen LogP contribution in [0.4, 0.5) is 5.69 Å². The number of carbonyl (C=O) groups excluding carboxylic acids is 2. The monoisotopic (exact) mass is 695 g/mol. The van der Waals surface area contributed by atoms with E-state index in [9.17, 15) is 18.0 Å². The van der Waals surface area contributed by atoms with E-state index >= 15 is 0 Å². The van der Waals surface area contributed by atoms with Gasteiger partial charge in [-0.25, -0.2) is 8.42 Å². The normalized spacial score (nSPS) is 12.0. The van der Waals surface area contributed by atoms with Crippen molar-refractivity contribution >= 4 is 66.7 Å². The molecule has 11 heteroatoms. The molecule has 0 aliphatic rings. The van der Waals surface area contributed by atoms with Gasteiger partial charge in [-0.05, 0) is 54.3 Å². The third-order valence-electron chi connectivity index (χ3n) is 6.67. The lowest BCUT2D eigenvalue weighted by Crippen LogP contribution is -2.50. The molecule has 0 aliphatic carbocycles. The van der Waals surface area contributed by atoms with Gasteiger partial charge in [0.15, 0.2) is 0 Å². The number of unbranched alkanes of at least 4 members (excludes halogenated alkanes) is 1. The van der Waals surface area contributed by atoms with Gasteiger partial charge in [0, 0.05) is 42.0 Å². The molecule has 0 spiro atoms. The summed E-state index contributed by atoms with van der Waals surface area (Å²) in [4.78, 5) is 29.1. The molecule has 0 radical (unpaired) electrons. The van der Waals surface area contributed by atoms with Crippen molar-refractivity contribution < 1.29 is 18.0 Å². The van der Waals surface area contributed by atoms with Crippen LogP contribution < -0.4 is 9.62 Å². The van der Waals surface area contributed by atoms with Crippen LogP contribution in [0.3, 0.4) is 0 Å². The summed E-state index contributed by atoms with van der Waals surface area (Å²) in [6.07, 6.45) is 3.41. The smallest absolute Gasteiger partial charge is 0.243 e. The molecule has 3 aromatic carbocycles. The molecule has 0 unspecified atom stereocenters. The second-order valence-corrected chi connectivity index (χ2v) is 13.7. The first-order valence-electron chi connectivity index (χ1n) is 13.8. The number of hydrogen-bond donors (Lipinski definition) is 1. The van der Waals surface area contributed by atoms with Crippen molar-refractivity contribution in [1.29, 1.82) is 0 Å². The summed E-state index contributed by atoms with van der Waals surface area (Å²) in [5, 5.41) is 3.59. The van der Waals surface area contributed by atoms with Gasteiger partial charge in [-0.15, -0.1) is 0 Å². The number of halogens is 3. The van der Waals surface area contributed by atoms with Crippen LogP contribution in [-0.2, 0) is 32.6 Å². The van der Waals surface area contributed by atoms with Crippen molar-refractivity contribution in [1.82, 2.24) is 10.2 Å². The molecule has 226 valence electrons. The van der Waals surface area contributed by atoms with Gasteiger partial charge in [0.05, 0.1) is 17.0 Å². The van der Waals surface area contributed by atoms with Crippen molar-refractivity contribution in [3.8, 4) is 0 Å². The SMILES string of the molecule is CCCCNC(=O)[C@@H](Cc1ccccc1)N(Cc1cccc(Br)c1)C(=O)CCCN(c1cc(Cl)ccc1Cl)S(C)(=O)=O. The molecule has 3 aromatic rings. The number of amides is 2. The Labute approximate surface area is 267 Å². The lowest BCUT2D eigenvalue weighted by atomic mass is 10.0. The first-order chi connectivity index (χ1) is 20.0. The highest BCUT2D eigenvalue weighted by Crippen LogP contribution is 2.31. The molecule has 0 saturated carbocycles. The van der Waals surface area contributed by atoms with Crippen LogP contribution in [0, 0.1) is 0 Å². The van der Waals surface area contributed by atoms with Gasteiger partial charge in [0.2, 0.25) is 21.8 Å². The maximum atomic E-state index is 13.9. The Hall–Kier alpha value is -2.59. The zero-order chi connectivity index (χ0) is 30.7. The van der Waals surface area contributed by atoms with Crippen molar-refractivity contribution in [3.63, 3.8) is 0 Å². The highest BCUT2D eigenvalue weighted by Gasteiger charge is 2.30. The number of rotatable bonds is 15. The minimum atomic E-state index is -3.72. The Morgan fingerprint density at radius 2 is 1.67 bits per heavy atom. The van der Waals surface area contributed by atoms with Crippen molar-refractivity contribution in [2.45, 2.75) is 51.6 Å². The molecule has 0 aliphatic heterocycles. The summed E-state index contributed by atoms with van der Waals surface area (Å²) in [6.45, 7) is 2.80. The van der Waals surface area contributed by atoms with Crippen molar-refractivity contribution in [2.24, 2.45) is 0 Å². The van der Waals surface area contributed by atoms with E-state index in [1.807, 2.05) is 61.5 Å². The second kappa shape index (κ2) is 16.3. The van der Waals surface area contributed by atoms with E-state index in [1.165, 1.54) is 12.1 Å². The molecule has 0 fully saturated rings. The summed E-state index contributed by atoms with van der Waals surface area (Å²) in [7, 11) is -3.72. The lowest BCUT2D eigenvalue weighted by Gasteiger charge is -2.32. The number of anilines is 1. The molecule has 0 bridgehead atoms. The second-order valence-electron chi connectivity index (χ2n) is 10.0. The van der Waals surface area contributed by atoms with E-state index in [-0.39, 0.29) is 48.5 Å². The molecule has 42 heavy (non-hydrogen) atoms. The quantitative estimate of drug-likeness (QED) is 0.176. The van der Waals surface area contributed by atoms with Crippen LogP contribution in [-0.4, -0.2) is 50.5 Å². The first-order valence-corrected chi connectivity index (χ1v) is 17.2. The van der Waals surface area contributed by atoms with Gasteiger partial charge >= 0.3 is 0 Å². The first kappa shape index (κ1) is 33.9. The molecule has 1 atom stereocenters. The number of sulfonamides is 1. The van der Waals surface area contributed by atoms with E-state index in [4.69, 9.17) is 23.2 Å². The Morgan fingerprint density at radius 1 is 0.952 bits per heavy atom. The van der Waals surface area contributed by atoms with Crippen LogP contribution in [0.2, 0.25) is 10.0 Å². The van der Waals surface area contributed by atoms with Crippen LogP contribution in [0.15, 0.2) is 77.3 Å². The van der Waals surface area contributed by atoms with Gasteiger partial charge in [-0.3, -0.25) is 13.9 Å². The molecule has 2 amide bonds. The summed E-state index contributed by atoms with van der Waals surface area (Å²) in [5.74, 6) is -0.480. The molecule has 7 nitrogen and oxygen atoms in total. The van der Waals surface area contributed by atoms with Crippen LogP contribution in [0.25, 0.3) is 0 Å². The summed E-state index contributed by atoms with van der Waals surface area (Å²) in [6, 6.07) is 21.0. The molecular formula is C31H36BrCl2N3O4S. The van der Waals surface area contributed by atoms with Crippen LogP contribution in [0.5, 0.6) is 0 Å². The average molecular weight is 698 g/mol. The largest absolute Gasteiger partial charge is 0.354 e. The third kappa shape index (κ3) is 10.3. The van der Waals surface area contributed by atoms with Gasteiger partial charge in [-0.1, -0.05) is 94.9 Å². The fraction of sp³-hybridized carbons (Fsp3) is 0.355. The molecule has 0 aromatic heterocycles. The lowest BCUT2D eigenvalue weighted by molar-refractivity contribution is -0.141. The number of nitrogens with zero attached hydrogens (tertiary/aromatic N) is 2. The zero-order valence-electron chi connectivity index (χ0n) is 23.7. The topological polar surface area (TPSA) is 86.8 Å². The average Bonchev–Trinajstić information content (AvgIpc) is 2.94. The van der Waals surface area contributed by atoms with Crippen molar-refractivity contribution in [2.75, 3.05) is 23.7 Å². The van der Waals surface area contributed by atoms with Gasteiger partial charge < -0.3 is 10.2 Å². The van der Waals surface area contributed by atoms with E-state index in [2.05, 4.69) is 21.2 Å². The predicted octanol–water partition coefficient (Wildman–Crippen LogP) is 6.86. The van der Waals surface area contributed by atoms with Crippen molar-refractivity contribution in [3.05, 3.63) is 98.4 Å². The Balaban J connectivity index is 1.89. The molecule has 0 saturated heterocycles. The molecule has 0 heterocycles. The minimum absolute atomic E-state index is 0.0153. The van der Waals surface area contributed by atoms with E-state index in [0.717, 1.165) is 39.0 Å². The fourth-order valence-corrected chi connectivity index (χ4v) is 6.40. The zero-order valence-corrected chi connectivity index (χ0v) is 27.6. The van der Waals surface area contributed by atoms with Crippen LogP contribution >= 0.6 is 39.1 Å². The summed E-state index contributed by atoms with van der Waals surface area (Å²) in [5.41, 5.74) is 2.04. The Bertz CT molecular complexity index is 1460. The number of benzene rings is 3. The number of nitrogens with one attached hydrogen (secondary N) is 1. The molecule has 1 N–H and O–H groups in total. The fourth-order valence-electron chi connectivity index (χ4n) is 4.55. The van der Waals surface area contributed by atoms with Gasteiger partial charge in [-0.2, -0.15) is 0 Å². The standard InChI is InChI=1S/C31H36BrCl2N3O4S/c1-3-4-17-35-31(39)29(20-23-10-6-5-7-11-23)36(22-24-12-8-13-25(32)19-24)30(38)14-9-18-37(42(2,40)41)28-21-26(33)15-16-27(28)34/h5-8,10-13,15-16,19,21,29H,3-4,9,14,17-18,20,22H2,1-2H3,(H,35,39)/t29-/m1/s1. The molecular weight excluding hydrogens is 661 g/mol. The molecule has 3 rings (SSSR count). The minimum Gasteiger partial charge on any atom is -0.354 e. The van der Waals surface area contributed by atoms with Gasteiger partial charge in [0.1, 0.15) is 6.04 Å². The maximum absolute atomic E-state index is 13.9. The third-order valence-corrected chi connectivity index (χ3v) is 8.90. The van der Waals surface area contributed by atoms with Gasteiger partial charge in [0.25, 0.3) is 0 Å². The highest BCUT2D eigenvalue weighted by molar-refractivity contribution is 9.10.